The molecule has 13 heteroatoms. The van der Waals surface area contributed by atoms with Gasteiger partial charge in [0, 0.05) is 0 Å². The maximum absolute atomic E-state index is 5.42. The van der Waals surface area contributed by atoms with Crippen LogP contribution < -0.4 is 22.6 Å². The van der Waals surface area contributed by atoms with Crippen LogP contribution in [0.4, 0.5) is 0 Å². The molecule has 29 heavy (non-hydrogen) atoms. The molecule has 0 aliphatic rings. The first-order valence-corrected chi connectivity index (χ1v) is 13.0. The van der Waals surface area contributed by atoms with Crippen LogP contribution in [0.15, 0.2) is 0 Å². The Hall–Kier alpha value is 0.234. The Morgan fingerprint density at radius 3 is 0.897 bits per heavy atom. The summed E-state index contributed by atoms with van der Waals surface area (Å²) in [5.41, 5.74) is 9.36. The monoisotopic (exact) mass is 464 g/mol. The van der Waals surface area contributed by atoms with Gasteiger partial charge in [-0.15, -0.1) is 0 Å². The van der Waals surface area contributed by atoms with Crippen LogP contribution in [0, 0.1) is 0 Å². The van der Waals surface area contributed by atoms with Gasteiger partial charge in [-0.2, -0.15) is 0 Å². The number of hydrogen-bond acceptors (Lipinski definition) is 12. The van der Waals surface area contributed by atoms with E-state index in [2.05, 4.69) is 22.6 Å². The first kappa shape index (κ1) is 29.2. The molecule has 4 N–H and O–H groups in total. The molecule has 176 valence electrons. The van der Waals surface area contributed by atoms with Gasteiger partial charge in [-0.05, 0) is 0 Å². The summed E-state index contributed by atoms with van der Waals surface area (Å²) in [7, 11) is 0. The van der Waals surface area contributed by atoms with Crippen LogP contribution in [0.5, 0.6) is 0 Å². The summed E-state index contributed by atoms with van der Waals surface area (Å²) < 4.78 is 21.7. The zero-order valence-corrected chi connectivity index (χ0v) is 19.8. The normalized spacial score (nSPS) is 12.0. The van der Waals surface area contributed by atoms with Gasteiger partial charge < -0.3 is 0 Å². The fourth-order valence-electron chi connectivity index (χ4n) is 1.48. The van der Waals surface area contributed by atoms with E-state index in [9.17, 15) is 0 Å². The standard InChI is InChI=1S/4C4H10NO2.Ti/c4*1-2-3-4-7-5-6;/h4*5H,2-4H2,1H3;/q4*-1;+4. The molecule has 0 radical (unpaired) electrons. The predicted molar refractivity (Wildman–Crippen MR) is 100 cm³/mol. The predicted octanol–water partition coefficient (Wildman–Crippen LogP) is 2.81. The summed E-state index contributed by atoms with van der Waals surface area (Å²) in [6.07, 6.45) is 7.33. The third-order valence-corrected chi connectivity index (χ3v) is 5.38. The van der Waals surface area contributed by atoms with Gasteiger partial charge in [-0.25, -0.2) is 0 Å². The van der Waals surface area contributed by atoms with Crippen molar-refractivity contribution < 1.29 is 51.2 Å². The molecule has 0 heterocycles. The van der Waals surface area contributed by atoms with Gasteiger partial charge in [-0.1, -0.05) is 0 Å². The minimum atomic E-state index is -4.59. The molecule has 0 bridgehead atoms. The Kier molecular flexibility index (Phi) is 23.1. The van der Waals surface area contributed by atoms with E-state index in [1.807, 2.05) is 27.7 Å². The maximum atomic E-state index is 5.42. The van der Waals surface area contributed by atoms with Crippen molar-refractivity contribution in [2.24, 2.45) is 0 Å². The van der Waals surface area contributed by atoms with Gasteiger partial charge in [0.1, 0.15) is 0 Å². The van der Waals surface area contributed by atoms with E-state index in [-0.39, 0.29) is 0 Å². The van der Waals surface area contributed by atoms with Crippen molar-refractivity contribution in [2.45, 2.75) is 79.1 Å². The van der Waals surface area contributed by atoms with Gasteiger partial charge in [0.05, 0.1) is 0 Å². The summed E-state index contributed by atoms with van der Waals surface area (Å²) in [6, 6.07) is 0. The zero-order valence-electron chi connectivity index (χ0n) is 18.3. The first-order valence-electron chi connectivity index (χ1n) is 10.4. The van der Waals surface area contributed by atoms with Crippen molar-refractivity contribution >= 4 is 0 Å². The van der Waals surface area contributed by atoms with E-state index in [0.29, 0.717) is 26.4 Å². The van der Waals surface area contributed by atoms with Gasteiger partial charge in [0.15, 0.2) is 0 Å². The summed E-state index contributed by atoms with van der Waals surface area (Å²) in [5.74, 6) is 0. The van der Waals surface area contributed by atoms with E-state index in [0.717, 1.165) is 51.4 Å². The molecule has 0 aliphatic heterocycles. The second-order valence-electron chi connectivity index (χ2n) is 6.05. The molecule has 12 nitrogen and oxygen atoms in total. The number of rotatable bonds is 24. The Balaban J connectivity index is 4.69. The third kappa shape index (κ3) is 18.7. The molecule has 0 aromatic carbocycles. The Bertz CT molecular complexity index is 276. The van der Waals surface area contributed by atoms with Crippen LogP contribution in [0.3, 0.4) is 0 Å². The Labute approximate surface area is 179 Å². The van der Waals surface area contributed by atoms with E-state index >= 15 is 0 Å². The third-order valence-electron chi connectivity index (χ3n) is 3.30. The van der Waals surface area contributed by atoms with Crippen LogP contribution >= 0.6 is 0 Å². The van der Waals surface area contributed by atoms with Crippen molar-refractivity contribution in [3.63, 3.8) is 0 Å². The number of unbranched alkanes of at least 4 members (excludes halogenated alkanes) is 4. The van der Waals surface area contributed by atoms with Crippen molar-refractivity contribution in [1.82, 2.24) is 22.6 Å². The van der Waals surface area contributed by atoms with Crippen LogP contribution in [0.25, 0.3) is 0 Å². The average molecular weight is 464 g/mol. The second-order valence-corrected chi connectivity index (χ2v) is 8.89. The van der Waals surface area contributed by atoms with Crippen molar-refractivity contribution in [3.05, 3.63) is 0 Å². The molecule has 0 saturated heterocycles. The van der Waals surface area contributed by atoms with E-state index in [1.54, 1.807) is 0 Å². The van der Waals surface area contributed by atoms with Crippen LogP contribution in [0.2, 0.25) is 0 Å². The van der Waals surface area contributed by atoms with E-state index in [1.165, 1.54) is 0 Å². The molecule has 0 rings (SSSR count). The fourth-order valence-corrected chi connectivity index (χ4v) is 2.88. The summed E-state index contributed by atoms with van der Waals surface area (Å²) in [5, 5.41) is 0. The van der Waals surface area contributed by atoms with Crippen molar-refractivity contribution in [3.8, 4) is 0 Å². The molecule has 0 fully saturated rings. The Morgan fingerprint density at radius 2 is 0.690 bits per heavy atom. The zero-order chi connectivity index (χ0) is 21.5. The summed E-state index contributed by atoms with van der Waals surface area (Å²) in [6.45, 7) is 9.96. The summed E-state index contributed by atoms with van der Waals surface area (Å²) >= 11 is -4.59. The molecule has 0 aromatic heterocycles. The molecule has 0 unspecified atom stereocenters. The number of nitrogens with one attached hydrogen (secondary N) is 4. The molecule has 0 atom stereocenters. The van der Waals surface area contributed by atoms with E-state index < -0.39 is 18.1 Å². The quantitative estimate of drug-likeness (QED) is 0.0955. The summed E-state index contributed by atoms with van der Waals surface area (Å²) in [4.78, 5) is 20.8. The van der Waals surface area contributed by atoms with Gasteiger partial charge >= 0.3 is 179 Å². The average Bonchev–Trinajstić information content (AvgIpc) is 2.73. The number of hydrogen-bond donors (Lipinski definition) is 4. The Morgan fingerprint density at radius 1 is 0.448 bits per heavy atom. The van der Waals surface area contributed by atoms with Crippen molar-refractivity contribution in [2.75, 3.05) is 26.4 Å². The molecular weight excluding hydrogens is 424 g/mol. The fraction of sp³-hybridized carbons (Fsp3) is 1.00. The molecule has 0 spiro atoms. The van der Waals surface area contributed by atoms with Crippen LogP contribution in [0.1, 0.15) is 79.1 Å². The first-order chi connectivity index (χ1) is 14.2. The SMILES string of the molecule is CCCCON[O][Ti]([O]NOCCCC)([O]NOCCCC)[O]NOCCCC. The topological polar surface area (TPSA) is 122 Å². The van der Waals surface area contributed by atoms with Crippen molar-refractivity contribution in [1.29, 1.82) is 0 Å². The van der Waals surface area contributed by atoms with Crippen LogP contribution in [-0.2, 0) is 51.2 Å². The minimum absolute atomic E-state index is 0.441. The molecule has 0 aliphatic carbocycles. The van der Waals surface area contributed by atoms with Gasteiger partial charge in [-0.3, -0.25) is 0 Å². The molecule has 0 amide bonds. The molecular formula is C16H40N4O8Ti. The second kappa shape index (κ2) is 22.9. The van der Waals surface area contributed by atoms with E-state index in [4.69, 9.17) is 33.0 Å². The van der Waals surface area contributed by atoms with Gasteiger partial charge in [0.25, 0.3) is 0 Å². The van der Waals surface area contributed by atoms with Gasteiger partial charge in [0.2, 0.25) is 0 Å². The molecule has 0 aromatic rings. The van der Waals surface area contributed by atoms with Crippen LogP contribution in [-0.4, -0.2) is 26.4 Å². The molecule has 0 saturated carbocycles.